The highest BCUT2D eigenvalue weighted by atomic mass is 16.2. The fraction of sp³-hybridized carbons (Fsp3) is 0.333. The Bertz CT molecular complexity index is 995. The first-order valence-electron chi connectivity index (χ1n) is 9.72. The maximum absolute atomic E-state index is 12.7. The molecule has 0 radical (unpaired) electrons. The molecule has 0 spiro atoms. The van der Waals surface area contributed by atoms with Crippen molar-refractivity contribution in [3.8, 4) is 0 Å². The molecule has 2 saturated heterocycles. The number of hydrogen-bond donors (Lipinski definition) is 2. The molecule has 4 heterocycles. The van der Waals surface area contributed by atoms with Crippen molar-refractivity contribution in [1.82, 2.24) is 24.7 Å². The number of aromatic amines is 2. The smallest absolute Gasteiger partial charge is 0.270 e. The molecule has 2 N–H and O–H groups in total. The zero-order valence-corrected chi connectivity index (χ0v) is 15.6. The molecule has 5 rings (SSSR count). The van der Waals surface area contributed by atoms with E-state index in [0.717, 1.165) is 55.7 Å². The Morgan fingerprint density at radius 2 is 1.68 bits per heavy atom. The predicted octanol–water partition coefficient (Wildman–Crippen LogP) is 1.78. The second kappa shape index (κ2) is 6.83. The van der Waals surface area contributed by atoms with E-state index < -0.39 is 0 Å². The van der Waals surface area contributed by atoms with Gasteiger partial charge in [0.05, 0.1) is 0 Å². The summed E-state index contributed by atoms with van der Waals surface area (Å²) in [6.07, 6.45) is 3.66. The predicted molar refractivity (Wildman–Crippen MR) is 106 cm³/mol. The Kier molecular flexibility index (Phi) is 4.16. The van der Waals surface area contributed by atoms with Gasteiger partial charge < -0.3 is 19.8 Å². The number of aromatic nitrogens is 2. The fourth-order valence-electron chi connectivity index (χ4n) is 4.14. The zero-order valence-electron chi connectivity index (χ0n) is 15.6. The van der Waals surface area contributed by atoms with Crippen molar-refractivity contribution in [3.05, 3.63) is 60.0 Å². The minimum Gasteiger partial charge on any atom is -0.361 e. The van der Waals surface area contributed by atoms with E-state index in [4.69, 9.17) is 0 Å². The number of rotatable bonds is 3. The highest BCUT2D eigenvalue weighted by Gasteiger charge is 2.37. The standard InChI is InChI=1S/C21H23N5O2/c27-20(16-3-4-18-15(12-16)5-7-23-18)26-13-17(14-26)24-8-10-25(11-9-24)21(28)19-2-1-6-22-19/h1-7,12,17,22-23H,8-11,13-14H2. The summed E-state index contributed by atoms with van der Waals surface area (Å²) < 4.78 is 0. The van der Waals surface area contributed by atoms with Gasteiger partial charge in [-0.1, -0.05) is 0 Å². The molecule has 7 heteroatoms. The van der Waals surface area contributed by atoms with Gasteiger partial charge in [0, 0.05) is 74.2 Å². The van der Waals surface area contributed by atoms with Crippen LogP contribution >= 0.6 is 0 Å². The third-order valence-electron chi connectivity index (χ3n) is 5.90. The normalized spacial score (nSPS) is 18.4. The van der Waals surface area contributed by atoms with Crippen LogP contribution in [0.4, 0.5) is 0 Å². The minimum absolute atomic E-state index is 0.0650. The van der Waals surface area contributed by atoms with Gasteiger partial charge in [-0.25, -0.2) is 0 Å². The van der Waals surface area contributed by atoms with Crippen molar-refractivity contribution < 1.29 is 9.59 Å². The number of benzene rings is 1. The van der Waals surface area contributed by atoms with Crippen molar-refractivity contribution in [3.63, 3.8) is 0 Å². The molecule has 1 aromatic carbocycles. The summed E-state index contributed by atoms with van der Waals surface area (Å²) in [5, 5.41) is 1.06. The van der Waals surface area contributed by atoms with Crippen LogP contribution in [0.5, 0.6) is 0 Å². The molecule has 2 aromatic heterocycles. The van der Waals surface area contributed by atoms with Crippen LogP contribution in [-0.2, 0) is 0 Å². The van der Waals surface area contributed by atoms with Crippen LogP contribution in [0.3, 0.4) is 0 Å². The molecule has 2 aliphatic rings. The molecule has 3 aromatic rings. The van der Waals surface area contributed by atoms with Crippen LogP contribution in [0.15, 0.2) is 48.8 Å². The number of nitrogens with one attached hydrogen (secondary N) is 2. The van der Waals surface area contributed by atoms with E-state index >= 15 is 0 Å². The monoisotopic (exact) mass is 377 g/mol. The highest BCUT2D eigenvalue weighted by molar-refractivity contribution is 5.98. The summed E-state index contributed by atoms with van der Waals surface area (Å²) in [7, 11) is 0. The summed E-state index contributed by atoms with van der Waals surface area (Å²) >= 11 is 0. The third-order valence-corrected chi connectivity index (χ3v) is 5.90. The van der Waals surface area contributed by atoms with Crippen molar-refractivity contribution in [2.45, 2.75) is 6.04 Å². The Hall–Kier alpha value is -3.06. The lowest BCUT2D eigenvalue weighted by Crippen LogP contribution is -2.64. The third kappa shape index (κ3) is 2.97. The highest BCUT2D eigenvalue weighted by Crippen LogP contribution is 2.22. The quantitative estimate of drug-likeness (QED) is 0.731. The SMILES string of the molecule is O=C(c1ccc2[nH]ccc2c1)N1CC(N2CCN(C(=O)c3ccc[nH]3)CC2)C1. The van der Waals surface area contributed by atoms with Crippen molar-refractivity contribution in [2.24, 2.45) is 0 Å². The van der Waals surface area contributed by atoms with Gasteiger partial charge in [-0.3, -0.25) is 14.5 Å². The number of likely N-dealkylation sites (tertiary alicyclic amines) is 1. The lowest BCUT2D eigenvalue weighted by Gasteiger charge is -2.48. The van der Waals surface area contributed by atoms with Gasteiger partial charge in [0.1, 0.15) is 5.69 Å². The number of hydrogen-bond acceptors (Lipinski definition) is 3. The van der Waals surface area contributed by atoms with Crippen LogP contribution in [0.2, 0.25) is 0 Å². The molecule has 2 fully saturated rings. The van der Waals surface area contributed by atoms with Gasteiger partial charge in [0.2, 0.25) is 0 Å². The van der Waals surface area contributed by atoms with Gasteiger partial charge in [-0.2, -0.15) is 0 Å². The summed E-state index contributed by atoms with van der Waals surface area (Å²) in [6.45, 7) is 4.69. The molecule has 0 saturated carbocycles. The molecule has 0 aliphatic carbocycles. The van der Waals surface area contributed by atoms with Crippen molar-refractivity contribution in [2.75, 3.05) is 39.3 Å². The Balaban J connectivity index is 1.14. The fourth-order valence-corrected chi connectivity index (χ4v) is 4.14. The lowest BCUT2D eigenvalue weighted by molar-refractivity contribution is 0.00844. The van der Waals surface area contributed by atoms with E-state index in [9.17, 15) is 9.59 Å². The minimum atomic E-state index is 0.0650. The Morgan fingerprint density at radius 1 is 0.857 bits per heavy atom. The average Bonchev–Trinajstić information content (AvgIpc) is 3.38. The van der Waals surface area contributed by atoms with E-state index in [2.05, 4.69) is 14.9 Å². The molecule has 2 amide bonds. The lowest BCUT2D eigenvalue weighted by atomic mass is 10.0. The van der Waals surface area contributed by atoms with E-state index in [1.165, 1.54) is 0 Å². The molecule has 0 unspecified atom stereocenters. The first kappa shape index (κ1) is 17.1. The summed E-state index contributed by atoms with van der Waals surface area (Å²) in [5.74, 6) is 0.162. The number of carbonyl (C=O) groups excluding carboxylic acids is 2. The van der Waals surface area contributed by atoms with Crippen molar-refractivity contribution in [1.29, 1.82) is 0 Å². The van der Waals surface area contributed by atoms with E-state index in [-0.39, 0.29) is 11.8 Å². The number of piperazine rings is 1. The second-order valence-corrected chi connectivity index (χ2v) is 7.56. The summed E-state index contributed by atoms with van der Waals surface area (Å²) in [6, 6.07) is 11.8. The molecule has 0 atom stereocenters. The van der Waals surface area contributed by atoms with Crippen LogP contribution < -0.4 is 0 Å². The number of carbonyl (C=O) groups is 2. The van der Waals surface area contributed by atoms with E-state index in [0.29, 0.717) is 11.7 Å². The average molecular weight is 377 g/mol. The summed E-state index contributed by atoms with van der Waals surface area (Å²) in [4.78, 5) is 37.5. The number of nitrogens with zero attached hydrogens (tertiary/aromatic N) is 3. The van der Waals surface area contributed by atoms with Crippen LogP contribution in [-0.4, -0.2) is 81.8 Å². The second-order valence-electron chi connectivity index (χ2n) is 7.56. The van der Waals surface area contributed by atoms with Gasteiger partial charge in [-0.05, 0) is 36.4 Å². The summed E-state index contributed by atoms with van der Waals surface area (Å²) in [5.41, 5.74) is 2.44. The maximum atomic E-state index is 12.7. The molecule has 2 aliphatic heterocycles. The van der Waals surface area contributed by atoms with Crippen molar-refractivity contribution >= 4 is 22.7 Å². The van der Waals surface area contributed by atoms with Crippen LogP contribution in [0, 0.1) is 0 Å². The van der Waals surface area contributed by atoms with Gasteiger partial charge in [0.25, 0.3) is 11.8 Å². The molecule has 0 bridgehead atoms. The first-order chi connectivity index (χ1) is 13.7. The number of amides is 2. The van der Waals surface area contributed by atoms with Gasteiger partial charge >= 0.3 is 0 Å². The molecule has 28 heavy (non-hydrogen) atoms. The van der Waals surface area contributed by atoms with Crippen LogP contribution in [0.25, 0.3) is 10.9 Å². The molecular formula is C21H23N5O2. The maximum Gasteiger partial charge on any atom is 0.270 e. The molecule has 144 valence electrons. The van der Waals surface area contributed by atoms with E-state index in [1.807, 2.05) is 52.4 Å². The van der Waals surface area contributed by atoms with Gasteiger partial charge in [0.15, 0.2) is 0 Å². The van der Waals surface area contributed by atoms with Gasteiger partial charge in [-0.15, -0.1) is 0 Å². The Morgan fingerprint density at radius 3 is 2.43 bits per heavy atom. The first-order valence-corrected chi connectivity index (χ1v) is 9.72. The Labute approximate surface area is 162 Å². The van der Waals surface area contributed by atoms with Crippen LogP contribution in [0.1, 0.15) is 20.8 Å². The number of H-pyrrole nitrogens is 2. The zero-order chi connectivity index (χ0) is 19.1. The van der Waals surface area contributed by atoms with E-state index in [1.54, 1.807) is 6.20 Å². The molecule has 7 nitrogen and oxygen atoms in total. The molecular weight excluding hydrogens is 354 g/mol. The number of fused-ring (bicyclic) bond motifs is 1. The largest absolute Gasteiger partial charge is 0.361 e. The topological polar surface area (TPSA) is 75.4 Å².